The first-order chi connectivity index (χ1) is 11.9. The van der Waals surface area contributed by atoms with Crippen LogP contribution in [0.25, 0.3) is 5.57 Å². The molecule has 3 nitrogen and oxygen atoms in total. The topological polar surface area (TPSA) is 29.5 Å². The van der Waals surface area contributed by atoms with E-state index in [0.29, 0.717) is 11.6 Å². The number of hydrogen-bond donors (Lipinski definition) is 0. The van der Waals surface area contributed by atoms with Gasteiger partial charge in [0.25, 0.3) is 0 Å². The Bertz CT molecular complexity index is 760. The molecule has 0 aromatic heterocycles. The van der Waals surface area contributed by atoms with Crippen LogP contribution in [0.1, 0.15) is 18.1 Å². The third-order valence-electron chi connectivity index (χ3n) is 3.58. The molecule has 0 unspecified atom stereocenters. The van der Waals surface area contributed by atoms with Gasteiger partial charge in [0.2, 0.25) is 5.91 Å². The summed E-state index contributed by atoms with van der Waals surface area (Å²) in [6.07, 6.45) is 1.52. The van der Waals surface area contributed by atoms with Crippen LogP contribution in [0.2, 0.25) is 5.02 Å². The van der Waals surface area contributed by atoms with Crippen molar-refractivity contribution in [3.8, 4) is 5.75 Å². The molecule has 0 aliphatic carbocycles. The van der Waals surface area contributed by atoms with E-state index in [9.17, 15) is 13.6 Å². The molecule has 0 saturated heterocycles. The summed E-state index contributed by atoms with van der Waals surface area (Å²) in [6.45, 7) is -0.684. The van der Waals surface area contributed by atoms with Crippen molar-refractivity contribution in [1.82, 2.24) is 4.90 Å². The van der Waals surface area contributed by atoms with Crippen molar-refractivity contribution in [1.29, 1.82) is 0 Å². The summed E-state index contributed by atoms with van der Waals surface area (Å²) >= 11 is 6.13. The van der Waals surface area contributed by atoms with E-state index in [0.717, 1.165) is 16.7 Å². The van der Waals surface area contributed by atoms with Gasteiger partial charge in [-0.1, -0.05) is 41.9 Å². The molecule has 0 bridgehead atoms. The first kappa shape index (κ1) is 18.9. The number of alkyl halides is 2. The molecule has 6 heteroatoms. The first-order valence-corrected chi connectivity index (χ1v) is 7.96. The number of nitrogens with zero attached hydrogens (tertiary/aromatic N) is 1. The van der Waals surface area contributed by atoms with Crippen molar-refractivity contribution < 1.29 is 18.3 Å². The second kappa shape index (κ2) is 8.62. The van der Waals surface area contributed by atoms with Gasteiger partial charge in [-0.3, -0.25) is 4.79 Å². The molecule has 0 radical (unpaired) electrons. The van der Waals surface area contributed by atoms with Gasteiger partial charge in [-0.05, 0) is 41.8 Å². The molecule has 0 aliphatic rings. The molecule has 0 fully saturated rings. The van der Waals surface area contributed by atoms with E-state index in [-0.39, 0.29) is 11.7 Å². The summed E-state index contributed by atoms with van der Waals surface area (Å²) in [6, 6.07) is 13.5. The van der Waals surface area contributed by atoms with Crippen molar-refractivity contribution in [2.45, 2.75) is 20.1 Å². The molecule has 0 N–H and O–H groups in total. The third-order valence-corrected chi connectivity index (χ3v) is 3.91. The number of amides is 1. The molecular weight excluding hydrogens is 348 g/mol. The number of benzene rings is 2. The fourth-order valence-corrected chi connectivity index (χ4v) is 2.57. The molecule has 0 atom stereocenters. The molecule has 0 saturated carbocycles. The summed E-state index contributed by atoms with van der Waals surface area (Å²) in [5.74, 6) is -0.0903. The fraction of sp³-hybridized carbons (Fsp3) is 0.211. The fourth-order valence-electron chi connectivity index (χ4n) is 2.28. The van der Waals surface area contributed by atoms with Crippen LogP contribution in [-0.4, -0.2) is 24.5 Å². The van der Waals surface area contributed by atoms with Crippen LogP contribution < -0.4 is 4.74 Å². The highest BCUT2D eigenvalue weighted by Gasteiger charge is 2.10. The van der Waals surface area contributed by atoms with E-state index in [1.807, 2.05) is 25.1 Å². The van der Waals surface area contributed by atoms with E-state index in [1.54, 1.807) is 25.2 Å². The number of likely N-dealkylation sites (N-methyl/N-ethyl adjacent to an activating group) is 1. The lowest BCUT2D eigenvalue weighted by molar-refractivity contribution is -0.125. The highest BCUT2D eigenvalue weighted by molar-refractivity contribution is 6.32. The summed E-state index contributed by atoms with van der Waals surface area (Å²) in [5.41, 5.74) is 2.38. The van der Waals surface area contributed by atoms with Crippen LogP contribution in [0.4, 0.5) is 8.78 Å². The predicted molar refractivity (Wildman–Crippen MR) is 94.7 cm³/mol. The van der Waals surface area contributed by atoms with Crippen LogP contribution >= 0.6 is 11.6 Å². The van der Waals surface area contributed by atoms with E-state index in [4.69, 9.17) is 11.6 Å². The number of allylic oxidation sites excluding steroid dienone is 1. The Morgan fingerprint density at radius 2 is 1.84 bits per heavy atom. The van der Waals surface area contributed by atoms with E-state index in [1.165, 1.54) is 23.1 Å². The molecule has 0 spiro atoms. The lowest BCUT2D eigenvalue weighted by atomic mass is 10.1. The van der Waals surface area contributed by atoms with Crippen LogP contribution in [0.15, 0.2) is 54.6 Å². The van der Waals surface area contributed by atoms with Crippen LogP contribution in [0.5, 0.6) is 5.75 Å². The van der Waals surface area contributed by atoms with E-state index >= 15 is 0 Å². The average Bonchev–Trinajstić information content (AvgIpc) is 2.56. The quantitative estimate of drug-likeness (QED) is 0.674. The van der Waals surface area contributed by atoms with Crippen molar-refractivity contribution in [2.75, 3.05) is 7.05 Å². The highest BCUT2D eigenvalue weighted by Crippen LogP contribution is 2.23. The first-order valence-electron chi connectivity index (χ1n) is 7.59. The largest absolute Gasteiger partial charge is 0.435 e. The second-order valence-electron chi connectivity index (χ2n) is 5.52. The van der Waals surface area contributed by atoms with Gasteiger partial charge < -0.3 is 9.64 Å². The lowest BCUT2D eigenvalue weighted by Gasteiger charge is -2.16. The highest BCUT2D eigenvalue weighted by atomic mass is 35.5. The Labute approximate surface area is 150 Å². The zero-order valence-electron chi connectivity index (χ0n) is 13.9. The maximum Gasteiger partial charge on any atom is 0.387 e. The van der Waals surface area contributed by atoms with Gasteiger partial charge in [-0.15, -0.1) is 0 Å². The molecule has 0 heterocycles. The Morgan fingerprint density at radius 1 is 1.20 bits per heavy atom. The average molecular weight is 366 g/mol. The van der Waals surface area contributed by atoms with Gasteiger partial charge in [0.05, 0.1) is 0 Å². The number of ether oxygens (including phenoxy) is 1. The molecular formula is C19H18ClF2NO2. The van der Waals surface area contributed by atoms with Gasteiger partial charge in [0.15, 0.2) is 0 Å². The summed E-state index contributed by atoms with van der Waals surface area (Å²) in [4.78, 5) is 13.9. The monoisotopic (exact) mass is 365 g/mol. The Kier molecular flexibility index (Phi) is 6.53. The Balaban J connectivity index is 2.02. The molecule has 25 heavy (non-hydrogen) atoms. The molecule has 2 aromatic rings. The van der Waals surface area contributed by atoms with Gasteiger partial charge >= 0.3 is 6.61 Å². The molecule has 0 aliphatic heterocycles. The van der Waals surface area contributed by atoms with Crippen LogP contribution in [-0.2, 0) is 11.3 Å². The van der Waals surface area contributed by atoms with Crippen LogP contribution in [0.3, 0.4) is 0 Å². The summed E-state index contributed by atoms with van der Waals surface area (Å²) < 4.78 is 28.6. The number of hydrogen-bond acceptors (Lipinski definition) is 2. The maximum atomic E-state index is 12.3. The van der Waals surface area contributed by atoms with Crippen molar-refractivity contribution >= 4 is 23.1 Å². The van der Waals surface area contributed by atoms with E-state index < -0.39 is 6.61 Å². The standard InChI is InChI=1S/C19H18ClF2NO2/c1-13(16-5-3-4-6-17(16)20)11-18(24)23(2)12-14-7-9-15(10-8-14)25-19(21)22/h3-11,19H,12H2,1-2H3/b13-11+. The molecule has 132 valence electrons. The smallest absolute Gasteiger partial charge is 0.387 e. The Hall–Kier alpha value is -2.40. The second-order valence-corrected chi connectivity index (χ2v) is 5.93. The van der Waals surface area contributed by atoms with Gasteiger partial charge in [-0.2, -0.15) is 8.78 Å². The minimum absolute atomic E-state index is 0.0854. The lowest BCUT2D eigenvalue weighted by Crippen LogP contribution is -2.24. The SMILES string of the molecule is C/C(=C\C(=O)N(C)Cc1ccc(OC(F)F)cc1)c1ccccc1Cl. The zero-order valence-corrected chi connectivity index (χ0v) is 14.6. The number of carbonyl (C=O) groups is 1. The number of carbonyl (C=O) groups excluding carboxylic acids is 1. The molecule has 1 amide bonds. The summed E-state index contributed by atoms with van der Waals surface area (Å²) in [5, 5.41) is 0.585. The predicted octanol–water partition coefficient (Wildman–Crippen LogP) is 5.00. The third kappa shape index (κ3) is 5.57. The summed E-state index contributed by atoms with van der Waals surface area (Å²) in [7, 11) is 1.67. The Morgan fingerprint density at radius 3 is 2.44 bits per heavy atom. The van der Waals surface area contributed by atoms with Crippen molar-refractivity contribution in [3.63, 3.8) is 0 Å². The minimum Gasteiger partial charge on any atom is -0.435 e. The molecule has 2 aromatic carbocycles. The van der Waals surface area contributed by atoms with Crippen molar-refractivity contribution in [3.05, 3.63) is 70.8 Å². The molecule has 2 rings (SSSR count). The van der Waals surface area contributed by atoms with Gasteiger partial charge in [-0.25, -0.2) is 0 Å². The zero-order chi connectivity index (χ0) is 18.4. The minimum atomic E-state index is -2.85. The van der Waals surface area contributed by atoms with Gasteiger partial charge in [0, 0.05) is 24.7 Å². The number of halogens is 3. The van der Waals surface area contributed by atoms with E-state index in [2.05, 4.69) is 4.74 Å². The maximum absolute atomic E-state index is 12.3. The van der Waals surface area contributed by atoms with Crippen LogP contribution in [0, 0.1) is 0 Å². The normalized spacial score (nSPS) is 11.5. The van der Waals surface area contributed by atoms with Crippen molar-refractivity contribution in [2.24, 2.45) is 0 Å². The number of rotatable bonds is 6. The van der Waals surface area contributed by atoms with Gasteiger partial charge in [0.1, 0.15) is 5.75 Å².